The summed E-state index contributed by atoms with van der Waals surface area (Å²) in [5, 5.41) is 5.89. The van der Waals surface area contributed by atoms with Crippen molar-refractivity contribution in [2.45, 2.75) is 44.8 Å². The van der Waals surface area contributed by atoms with Crippen LogP contribution < -0.4 is 25.0 Å². The van der Waals surface area contributed by atoms with Crippen LogP contribution in [0, 0.1) is 17.7 Å². The Balaban J connectivity index is 1.39. The standard InChI is InChI=1S/C33H32FN3O7/c1-18(2)28(35-30(38)19-8-9-19)32(40)37-24-15-27-26(43-17-44-27)14-23(24)29(36-31(39)20-10-12-22(34)13-11-20)25(37)16-42-33(41)21-6-4-3-5-7-21/h3-7,10-15,18-19,25,28-29H,8-9,16-17H2,1-2H3,(H,35,38)(H,36,39)/t25-,28+,29+/m1/s1. The van der Waals surface area contributed by atoms with Crippen molar-refractivity contribution >= 4 is 29.4 Å². The van der Waals surface area contributed by atoms with Crippen LogP contribution in [0.15, 0.2) is 66.7 Å². The van der Waals surface area contributed by atoms with Crippen molar-refractivity contribution in [3.63, 3.8) is 0 Å². The number of carbonyl (C=O) groups is 4. The van der Waals surface area contributed by atoms with Crippen LogP contribution in [0.25, 0.3) is 0 Å². The number of carbonyl (C=O) groups excluding carboxylic acids is 4. The third-order valence-corrected chi connectivity index (χ3v) is 8.04. The lowest BCUT2D eigenvalue weighted by molar-refractivity contribution is -0.129. The molecule has 3 aliphatic rings. The highest BCUT2D eigenvalue weighted by atomic mass is 19.1. The van der Waals surface area contributed by atoms with Gasteiger partial charge in [0.15, 0.2) is 11.5 Å². The summed E-state index contributed by atoms with van der Waals surface area (Å²) < 4.78 is 30.6. The quantitative estimate of drug-likeness (QED) is 0.354. The third-order valence-electron chi connectivity index (χ3n) is 8.04. The molecule has 2 heterocycles. The minimum atomic E-state index is -0.906. The zero-order valence-corrected chi connectivity index (χ0v) is 24.2. The minimum absolute atomic E-state index is 0.0110. The van der Waals surface area contributed by atoms with Gasteiger partial charge in [0.2, 0.25) is 18.6 Å². The first-order chi connectivity index (χ1) is 21.2. The molecule has 2 N–H and O–H groups in total. The number of rotatable bonds is 9. The predicted molar refractivity (Wildman–Crippen MR) is 157 cm³/mol. The van der Waals surface area contributed by atoms with Crippen molar-refractivity contribution in [2.75, 3.05) is 18.3 Å². The Morgan fingerprint density at radius 2 is 1.64 bits per heavy atom. The van der Waals surface area contributed by atoms with Crippen LogP contribution in [0.4, 0.5) is 10.1 Å². The zero-order valence-electron chi connectivity index (χ0n) is 24.2. The second kappa shape index (κ2) is 12.0. The Bertz CT molecular complexity index is 1590. The maximum Gasteiger partial charge on any atom is 0.338 e. The summed E-state index contributed by atoms with van der Waals surface area (Å²) in [5.74, 6) is -1.77. The Labute approximate surface area is 253 Å². The van der Waals surface area contributed by atoms with Crippen LogP contribution in [-0.4, -0.2) is 49.2 Å². The molecule has 0 spiro atoms. The SMILES string of the molecule is CC(C)[C@H](NC(=O)C1CC1)C(=O)N1c2cc3c(cc2[C@H](NC(=O)c2ccc(F)cc2)[C@H]1COC(=O)c1ccccc1)OCO3. The van der Waals surface area contributed by atoms with Crippen molar-refractivity contribution < 1.29 is 37.8 Å². The van der Waals surface area contributed by atoms with Gasteiger partial charge < -0.3 is 29.7 Å². The number of halogens is 1. The number of hydrogen-bond acceptors (Lipinski definition) is 7. The van der Waals surface area contributed by atoms with E-state index in [1.165, 1.54) is 29.2 Å². The maximum atomic E-state index is 14.4. The first-order valence-corrected chi connectivity index (χ1v) is 14.6. The second-order valence-electron chi connectivity index (χ2n) is 11.5. The van der Waals surface area contributed by atoms with Gasteiger partial charge in [0, 0.05) is 23.1 Å². The lowest BCUT2D eigenvalue weighted by Gasteiger charge is -2.33. The van der Waals surface area contributed by atoms with Gasteiger partial charge in [-0.2, -0.15) is 0 Å². The number of fused-ring (bicyclic) bond motifs is 2. The van der Waals surface area contributed by atoms with Crippen LogP contribution in [0.5, 0.6) is 11.5 Å². The molecule has 11 heteroatoms. The van der Waals surface area contributed by atoms with Crippen molar-refractivity contribution in [2.24, 2.45) is 11.8 Å². The van der Waals surface area contributed by atoms with Gasteiger partial charge in [0.1, 0.15) is 18.5 Å². The fourth-order valence-electron chi connectivity index (χ4n) is 5.49. The fourth-order valence-corrected chi connectivity index (χ4v) is 5.49. The highest BCUT2D eigenvalue weighted by molar-refractivity contribution is 6.03. The Morgan fingerprint density at radius 1 is 0.955 bits per heavy atom. The van der Waals surface area contributed by atoms with E-state index in [2.05, 4.69) is 10.6 Å². The molecule has 3 aromatic rings. The van der Waals surface area contributed by atoms with Gasteiger partial charge in [0.05, 0.1) is 23.3 Å². The monoisotopic (exact) mass is 601 g/mol. The van der Waals surface area contributed by atoms with Crippen molar-refractivity contribution in [3.05, 3.63) is 89.2 Å². The van der Waals surface area contributed by atoms with Crippen molar-refractivity contribution in [1.82, 2.24) is 10.6 Å². The molecule has 44 heavy (non-hydrogen) atoms. The minimum Gasteiger partial charge on any atom is -0.460 e. The summed E-state index contributed by atoms with van der Waals surface area (Å²) in [4.78, 5) is 55.2. The molecule has 0 radical (unpaired) electrons. The number of ether oxygens (including phenoxy) is 3. The second-order valence-corrected chi connectivity index (χ2v) is 11.5. The van der Waals surface area contributed by atoms with E-state index < -0.39 is 41.7 Å². The fraction of sp³-hybridized carbons (Fsp3) is 0.333. The van der Waals surface area contributed by atoms with Gasteiger partial charge in [-0.25, -0.2) is 9.18 Å². The summed E-state index contributed by atoms with van der Waals surface area (Å²) in [6.07, 6.45) is 1.55. The average molecular weight is 602 g/mol. The largest absolute Gasteiger partial charge is 0.460 e. The van der Waals surface area contributed by atoms with Gasteiger partial charge in [-0.05, 0) is 61.2 Å². The summed E-state index contributed by atoms with van der Waals surface area (Å²) >= 11 is 0. The van der Waals surface area contributed by atoms with Gasteiger partial charge in [-0.15, -0.1) is 0 Å². The Hall–Kier alpha value is -4.93. The van der Waals surface area contributed by atoms with Crippen molar-refractivity contribution in [1.29, 1.82) is 0 Å². The lowest BCUT2D eigenvalue weighted by Crippen LogP contribution is -2.56. The summed E-state index contributed by atoms with van der Waals surface area (Å²) in [6.45, 7) is 3.38. The zero-order chi connectivity index (χ0) is 31.0. The molecule has 2 aliphatic heterocycles. The highest BCUT2D eigenvalue weighted by Gasteiger charge is 2.47. The number of nitrogens with one attached hydrogen (secondary N) is 2. The van der Waals surface area contributed by atoms with E-state index in [4.69, 9.17) is 14.2 Å². The molecule has 1 aliphatic carbocycles. The van der Waals surface area contributed by atoms with Gasteiger partial charge in [-0.1, -0.05) is 32.0 Å². The topological polar surface area (TPSA) is 123 Å². The number of hydrogen-bond donors (Lipinski definition) is 2. The van der Waals surface area contributed by atoms with Gasteiger partial charge in [0.25, 0.3) is 5.91 Å². The van der Waals surface area contributed by atoms with E-state index >= 15 is 0 Å². The van der Waals surface area contributed by atoms with Crippen LogP contribution >= 0.6 is 0 Å². The summed E-state index contributed by atoms with van der Waals surface area (Å²) in [6, 6.07) is 14.2. The molecule has 3 amide bonds. The van der Waals surface area contributed by atoms with Crippen LogP contribution in [0.3, 0.4) is 0 Å². The Morgan fingerprint density at radius 3 is 2.30 bits per heavy atom. The first-order valence-electron chi connectivity index (χ1n) is 14.6. The molecule has 1 fully saturated rings. The highest BCUT2D eigenvalue weighted by Crippen LogP contribution is 2.47. The molecule has 0 aromatic heterocycles. The van der Waals surface area contributed by atoms with E-state index in [-0.39, 0.29) is 36.7 Å². The van der Waals surface area contributed by atoms with Gasteiger partial charge >= 0.3 is 5.97 Å². The molecule has 3 atom stereocenters. The molecule has 0 saturated heterocycles. The molecule has 10 nitrogen and oxygen atoms in total. The number of benzene rings is 3. The third kappa shape index (κ3) is 5.82. The number of amides is 3. The molecule has 0 bridgehead atoms. The molecular weight excluding hydrogens is 569 g/mol. The predicted octanol–water partition coefficient (Wildman–Crippen LogP) is 4.15. The van der Waals surface area contributed by atoms with Gasteiger partial charge in [-0.3, -0.25) is 14.4 Å². The molecule has 228 valence electrons. The van der Waals surface area contributed by atoms with E-state index in [0.717, 1.165) is 12.8 Å². The molecule has 1 saturated carbocycles. The van der Waals surface area contributed by atoms with E-state index in [0.29, 0.717) is 28.3 Å². The molecule has 3 aromatic carbocycles. The maximum absolute atomic E-state index is 14.4. The number of esters is 1. The van der Waals surface area contributed by atoms with Crippen LogP contribution in [-0.2, 0) is 14.3 Å². The average Bonchev–Trinajstić information content (AvgIpc) is 3.71. The van der Waals surface area contributed by atoms with Crippen molar-refractivity contribution in [3.8, 4) is 11.5 Å². The molecule has 0 unspecified atom stereocenters. The number of nitrogens with zero attached hydrogens (tertiary/aromatic N) is 1. The molecular formula is C33H32FN3O7. The Kier molecular flexibility index (Phi) is 7.94. The number of anilines is 1. The van der Waals surface area contributed by atoms with E-state index in [1.807, 2.05) is 13.8 Å². The molecule has 6 rings (SSSR count). The van der Waals surface area contributed by atoms with E-state index in [1.54, 1.807) is 42.5 Å². The smallest absolute Gasteiger partial charge is 0.338 e. The normalized spacial score (nSPS) is 18.9. The van der Waals surface area contributed by atoms with E-state index in [9.17, 15) is 23.6 Å². The summed E-state index contributed by atoms with van der Waals surface area (Å²) in [5.41, 5.74) is 1.49. The lowest BCUT2D eigenvalue weighted by atomic mass is 10.0. The first kappa shape index (κ1) is 29.2. The summed E-state index contributed by atoms with van der Waals surface area (Å²) in [7, 11) is 0. The van der Waals surface area contributed by atoms with Crippen LogP contribution in [0.1, 0.15) is 59.0 Å². The van der Waals surface area contributed by atoms with Crippen LogP contribution in [0.2, 0.25) is 0 Å².